The van der Waals surface area contributed by atoms with E-state index in [0.29, 0.717) is 6.54 Å². The smallest absolute Gasteiger partial charge is 0.234 e. The minimum Gasteiger partial charge on any atom is -0.348 e. The number of benzene rings is 1. The number of hydrogen-bond donors (Lipinski definition) is 1. The zero-order valence-corrected chi connectivity index (χ0v) is 15.1. The van der Waals surface area contributed by atoms with Crippen molar-refractivity contribution in [2.24, 2.45) is 7.05 Å². The number of hydrogen-bond acceptors (Lipinski definition) is 4. The maximum absolute atomic E-state index is 12.3. The van der Waals surface area contributed by atoms with Gasteiger partial charge in [-0.05, 0) is 12.5 Å². The van der Waals surface area contributed by atoms with Crippen LogP contribution >= 0.6 is 0 Å². The average molecular weight is 341 g/mol. The first-order chi connectivity index (χ1) is 12.1. The van der Waals surface area contributed by atoms with Crippen molar-refractivity contribution in [2.75, 3.05) is 32.7 Å². The molecule has 0 aliphatic carbocycles. The maximum atomic E-state index is 12.3. The van der Waals surface area contributed by atoms with Crippen LogP contribution in [-0.2, 0) is 18.4 Å². The van der Waals surface area contributed by atoms with Crippen LogP contribution in [0.15, 0.2) is 42.7 Å². The Morgan fingerprint density at radius 3 is 2.48 bits per heavy atom. The highest BCUT2D eigenvalue weighted by Gasteiger charge is 2.20. The zero-order chi connectivity index (χ0) is 17.6. The van der Waals surface area contributed by atoms with E-state index < -0.39 is 0 Å². The molecule has 1 atom stereocenters. The van der Waals surface area contributed by atoms with Crippen molar-refractivity contribution < 1.29 is 4.79 Å². The third-order valence-corrected chi connectivity index (χ3v) is 4.80. The number of nitrogens with one attached hydrogen (secondary N) is 1. The normalized spacial score (nSPS) is 17.4. The summed E-state index contributed by atoms with van der Waals surface area (Å²) in [5.41, 5.74) is 1.13. The second-order valence-electron chi connectivity index (χ2n) is 6.71. The third-order valence-electron chi connectivity index (χ3n) is 4.80. The molecule has 3 rings (SSSR count). The van der Waals surface area contributed by atoms with E-state index in [1.807, 2.05) is 56.7 Å². The fraction of sp³-hybridized carbons (Fsp3) is 0.474. The molecule has 1 aliphatic rings. The summed E-state index contributed by atoms with van der Waals surface area (Å²) in [7, 11) is 2.02. The number of piperazine rings is 1. The van der Waals surface area contributed by atoms with E-state index in [1.165, 1.54) is 0 Å². The second-order valence-corrected chi connectivity index (χ2v) is 6.71. The highest BCUT2D eigenvalue weighted by molar-refractivity contribution is 5.78. The van der Waals surface area contributed by atoms with Crippen LogP contribution in [0, 0.1) is 0 Å². The third kappa shape index (κ3) is 4.90. The van der Waals surface area contributed by atoms with Gasteiger partial charge < -0.3 is 9.88 Å². The number of nitrogens with zero attached hydrogens (tertiary/aromatic N) is 4. The van der Waals surface area contributed by atoms with Crippen molar-refractivity contribution in [3.05, 3.63) is 54.1 Å². The van der Waals surface area contributed by atoms with Gasteiger partial charge in [-0.1, -0.05) is 30.3 Å². The molecule has 0 spiro atoms. The monoisotopic (exact) mass is 341 g/mol. The summed E-state index contributed by atoms with van der Waals surface area (Å²) in [6, 6.07) is 10.1. The molecular weight excluding hydrogens is 314 g/mol. The fourth-order valence-corrected chi connectivity index (χ4v) is 3.17. The summed E-state index contributed by atoms with van der Waals surface area (Å²) in [5, 5.41) is 3.09. The van der Waals surface area contributed by atoms with E-state index >= 15 is 0 Å². The first-order valence-electron chi connectivity index (χ1n) is 8.87. The fourth-order valence-electron chi connectivity index (χ4n) is 3.17. The average Bonchev–Trinajstić information content (AvgIpc) is 3.02. The van der Waals surface area contributed by atoms with Crippen molar-refractivity contribution in [2.45, 2.75) is 19.5 Å². The second kappa shape index (κ2) is 8.27. The molecule has 0 unspecified atom stereocenters. The topological polar surface area (TPSA) is 53.4 Å². The largest absolute Gasteiger partial charge is 0.348 e. The van der Waals surface area contributed by atoms with Gasteiger partial charge in [-0.2, -0.15) is 0 Å². The van der Waals surface area contributed by atoms with Gasteiger partial charge in [-0.25, -0.2) is 4.98 Å². The summed E-state index contributed by atoms with van der Waals surface area (Å²) in [4.78, 5) is 21.3. The van der Waals surface area contributed by atoms with Crippen molar-refractivity contribution in [1.82, 2.24) is 24.7 Å². The van der Waals surface area contributed by atoms with Crippen LogP contribution in [0.2, 0.25) is 0 Å². The number of imidazole rings is 1. The van der Waals surface area contributed by atoms with Crippen LogP contribution < -0.4 is 5.32 Å². The minimum absolute atomic E-state index is 0.0402. The molecule has 0 radical (unpaired) electrons. The van der Waals surface area contributed by atoms with Gasteiger partial charge in [0.15, 0.2) is 0 Å². The number of rotatable bonds is 6. The lowest BCUT2D eigenvalue weighted by atomic mass is 10.1. The summed E-state index contributed by atoms with van der Waals surface area (Å²) >= 11 is 0. The van der Waals surface area contributed by atoms with Crippen LogP contribution in [0.5, 0.6) is 0 Å². The highest BCUT2D eigenvalue weighted by atomic mass is 16.2. The SMILES string of the molecule is C[C@@H](NC(=O)CN1CCN(Cc2nccn2C)CC1)c1ccccc1. The first-order valence-corrected chi connectivity index (χ1v) is 8.87. The standard InChI is InChI=1S/C19H27N5O/c1-16(17-6-4-3-5-7-17)21-19(25)15-24-12-10-23(11-13-24)14-18-20-8-9-22(18)2/h3-9,16H,10-15H2,1-2H3,(H,21,25)/t16-/m1/s1. The molecule has 2 heterocycles. The van der Waals surface area contributed by atoms with Crippen LogP contribution in [0.4, 0.5) is 0 Å². The molecule has 2 aromatic rings. The van der Waals surface area contributed by atoms with Crippen LogP contribution in [0.3, 0.4) is 0 Å². The highest BCUT2D eigenvalue weighted by Crippen LogP contribution is 2.11. The predicted molar refractivity (Wildman–Crippen MR) is 97.9 cm³/mol. The summed E-state index contributed by atoms with van der Waals surface area (Å²) < 4.78 is 2.06. The van der Waals surface area contributed by atoms with Gasteiger partial charge in [0.25, 0.3) is 0 Å². The molecule has 1 aromatic heterocycles. The maximum Gasteiger partial charge on any atom is 0.234 e. The predicted octanol–water partition coefficient (Wildman–Crippen LogP) is 1.42. The van der Waals surface area contributed by atoms with E-state index in [9.17, 15) is 4.79 Å². The Hall–Kier alpha value is -2.18. The molecule has 1 N–H and O–H groups in total. The molecule has 1 saturated heterocycles. The molecular formula is C19H27N5O. The van der Waals surface area contributed by atoms with Gasteiger partial charge in [-0.15, -0.1) is 0 Å². The Morgan fingerprint density at radius 1 is 1.16 bits per heavy atom. The van der Waals surface area contributed by atoms with Gasteiger partial charge in [-0.3, -0.25) is 14.6 Å². The van der Waals surface area contributed by atoms with Crippen molar-refractivity contribution in [1.29, 1.82) is 0 Å². The number of carbonyl (C=O) groups excluding carboxylic acids is 1. The van der Waals surface area contributed by atoms with E-state index in [-0.39, 0.29) is 11.9 Å². The Morgan fingerprint density at radius 2 is 1.84 bits per heavy atom. The Kier molecular flexibility index (Phi) is 5.83. The molecule has 1 amide bonds. The molecule has 6 heteroatoms. The summed E-state index contributed by atoms with van der Waals surface area (Å²) in [6.07, 6.45) is 3.81. The van der Waals surface area contributed by atoms with E-state index in [0.717, 1.165) is 44.1 Å². The van der Waals surface area contributed by atoms with Crippen molar-refractivity contribution in [3.63, 3.8) is 0 Å². The number of aromatic nitrogens is 2. The van der Waals surface area contributed by atoms with Crippen LogP contribution in [0.25, 0.3) is 0 Å². The first kappa shape index (κ1) is 17.6. The van der Waals surface area contributed by atoms with Crippen molar-refractivity contribution >= 4 is 5.91 Å². The number of carbonyl (C=O) groups is 1. The zero-order valence-electron chi connectivity index (χ0n) is 15.1. The molecule has 1 aliphatic heterocycles. The summed E-state index contributed by atoms with van der Waals surface area (Å²) in [5.74, 6) is 1.18. The minimum atomic E-state index is 0.0402. The lowest BCUT2D eigenvalue weighted by Crippen LogP contribution is -2.49. The molecule has 1 aromatic carbocycles. The van der Waals surface area contributed by atoms with Crippen molar-refractivity contribution in [3.8, 4) is 0 Å². The molecule has 1 fully saturated rings. The van der Waals surface area contributed by atoms with Gasteiger partial charge in [0.05, 0.1) is 19.1 Å². The van der Waals surface area contributed by atoms with Crippen LogP contribution in [-0.4, -0.2) is 58.0 Å². The van der Waals surface area contributed by atoms with E-state index in [4.69, 9.17) is 0 Å². The van der Waals surface area contributed by atoms with Gasteiger partial charge in [0.1, 0.15) is 5.82 Å². The van der Waals surface area contributed by atoms with Gasteiger partial charge in [0, 0.05) is 45.6 Å². The number of amides is 1. The Labute approximate surface area is 149 Å². The van der Waals surface area contributed by atoms with Gasteiger partial charge >= 0.3 is 0 Å². The Balaban J connectivity index is 1.41. The van der Waals surface area contributed by atoms with E-state index in [1.54, 1.807) is 0 Å². The molecule has 0 saturated carbocycles. The quantitative estimate of drug-likeness (QED) is 0.863. The van der Waals surface area contributed by atoms with E-state index in [2.05, 4.69) is 24.7 Å². The number of aryl methyl sites for hydroxylation is 1. The molecule has 0 bridgehead atoms. The molecule has 6 nitrogen and oxygen atoms in total. The summed E-state index contributed by atoms with van der Waals surface area (Å²) in [6.45, 7) is 7.12. The Bertz CT molecular complexity index is 676. The lowest BCUT2D eigenvalue weighted by molar-refractivity contribution is -0.123. The lowest BCUT2D eigenvalue weighted by Gasteiger charge is -2.34. The molecule has 25 heavy (non-hydrogen) atoms. The molecule has 134 valence electrons. The van der Waals surface area contributed by atoms with Crippen LogP contribution in [0.1, 0.15) is 24.4 Å². The van der Waals surface area contributed by atoms with Gasteiger partial charge in [0.2, 0.25) is 5.91 Å².